The number of rotatable bonds is 4. The van der Waals surface area contributed by atoms with Gasteiger partial charge in [-0.15, -0.1) is 0 Å². The third kappa shape index (κ3) is 3.02. The average molecular weight is 323 g/mol. The van der Waals surface area contributed by atoms with Gasteiger partial charge in [0.15, 0.2) is 6.19 Å². The third-order valence-electron chi connectivity index (χ3n) is 4.30. The number of nitrogens with one attached hydrogen (secondary N) is 1. The first-order valence-electron chi connectivity index (χ1n) is 7.71. The Kier molecular flexibility index (Phi) is 4.09. The van der Waals surface area contributed by atoms with Gasteiger partial charge < -0.3 is 9.58 Å². The highest BCUT2D eigenvalue weighted by molar-refractivity contribution is 5.89. The molecule has 0 spiro atoms. The van der Waals surface area contributed by atoms with Gasteiger partial charge in [0.25, 0.3) is 5.54 Å². The lowest BCUT2D eigenvalue weighted by molar-refractivity contribution is 0.145. The minimum atomic E-state index is -0.403. The van der Waals surface area contributed by atoms with Crippen molar-refractivity contribution >= 4 is 17.6 Å². The van der Waals surface area contributed by atoms with E-state index in [0.29, 0.717) is 18.9 Å². The van der Waals surface area contributed by atoms with Crippen LogP contribution in [-0.4, -0.2) is 31.1 Å². The van der Waals surface area contributed by atoms with Crippen molar-refractivity contribution in [3.05, 3.63) is 41.2 Å². The van der Waals surface area contributed by atoms with Gasteiger partial charge in [-0.05, 0) is 31.2 Å². The number of aliphatic imine (C=N–C) groups is 1. The Morgan fingerprint density at radius 2 is 2.25 bits per heavy atom. The third-order valence-corrected chi connectivity index (χ3v) is 4.30. The van der Waals surface area contributed by atoms with Crippen molar-refractivity contribution in [2.24, 2.45) is 4.99 Å². The molecule has 122 valence electrons. The molecular weight excluding hydrogens is 306 g/mol. The second kappa shape index (κ2) is 6.21. The Balaban J connectivity index is 1.65. The van der Waals surface area contributed by atoms with Crippen LogP contribution in [0.5, 0.6) is 0 Å². The molecule has 2 fully saturated rings. The molecule has 1 atom stereocenters. The summed E-state index contributed by atoms with van der Waals surface area (Å²) in [5.74, 6) is 0.491. The first kappa shape index (κ1) is 15.8. The van der Waals surface area contributed by atoms with E-state index in [9.17, 15) is 4.79 Å². The lowest BCUT2D eigenvalue weighted by Gasteiger charge is -2.13. The summed E-state index contributed by atoms with van der Waals surface area (Å²) in [6.45, 7) is 9.70. The van der Waals surface area contributed by atoms with E-state index in [-0.39, 0.29) is 11.6 Å². The molecule has 1 aromatic rings. The highest BCUT2D eigenvalue weighted by atomic mass is 16.6. The lowest BCUT2D eigenvalue weighted by atomic mass is 10.1. The van der Waals surface area contributed by atoms with E-state index in [2.05, 4.69) is 15.2 Å². The molecule has 1 aromatic carbocycles. The van der Waals surface area contributed by atoms with Crippen LogP contribution in [-0.2, 0) is 10.3 Å². The standard InChI is InChI=1S/C17H17N5O2/c1-12(21-11-18)20-9-15-10-22(16(23)24-15)14-5-3-13(4-6-14)17(19-2)7-8-17/h3-6,15H,7-10H2,1H3,(H,20,21). The second-order valence-electron chi connectivity index (χ2n) is 5.97. The molecule has 1 unspecified atom stereocenters. The number of benzene rings is 1. The number of nitriles is 1. The van der Waals surface area contributed by atoms with Crippen LogP contribution in [0.25, 0.3) is 4.85 Å². The van der Waals surface area contributed by atoms with E-state index < -0.39 is 6.09 Å². The smallest absolute Gasteiger partial charge is 0.414 e. The van der Waals surface area contributed by atoms with Crippen molar-refractivity contribution in [2.45, 2.75) is 31.4 Å². The van der Waals surface area contributed by atoms with Crippen molar-refractivity contribution in [1.29, 1.82) is 5.26 Å². The maximum absolute atomic E-state index is 12.0. The predicted octanol–water partition coefficient (Wildman–Crippen LogP) is 2.41. The number of hydrogen-bond acceptors (Lipinski definition) is 4. The van der Waals surface area contributed by atoms with Gasteiger partial charge in [-0.25, -0.2) is 11.4 Å². The number of amidine groups is 1. The van der Waals surface area contributed by atoms with Crippen LogP contribution in [0, 0.1) is 18.0 Å². The summed E-state index contributed by atoms with van der Waals surface area (Å²) in [7, 11) is 0. The number of amides is 1. The lowest BCUT2D eigenvalue weighted by Crippen LogP contribution is -2.25. The van der Waals surface area contributed by atoms with E-state index in [1.54, 1.807) is 18.0 Å². The zero-order valence-corrected chi connectivity index (χ0v) is 13.3. The Hall–Kier alpha value is -3.06. The number of cyclic esters (lactones) is 1. The summed E-state index contributed by atoms with van der Waals surface area (Å²) in [5.41, 5.74) is 1.42. The maximum Gasteiger partial charge on any atom is 0.414 e. The van der Waals surface area contributed by atoms with Crippen LogP contribution in [0.15, 0.2) is 29.3 Å². The van der Waals surface area contributed by atoms with Gasteiger partial charge >= 0.3 is 6.09 Å². The molecule has 3 rings (SSSR count). The molecule has 1 saturated heterocycles. The fourth-order valence-electron chi connectivity index (χ4n) is 2.72. The normalized spacial score (nSPS) is 21.6. The first-order valence-corrected chi connectivity index (χ1v) is 7.71. The summed E-state index contributed by atoms with van der Waals surface area (Å²) in [5, 5.41) is 10.9. The molecule has 1 aliphatic carbocycles. The van der Waals surface area contributed by atoms with E-state index in [4.69, 9.17) is 16.6 Å². The molecule has 1 aliphatic heterocycles. The molecule has 7 nitrogen and oxygen atoms in total. The molecule has 2 aliphatic rings. The Morgan fingerprint density at radius 1 is 1.54 bits per heavy atom. The summed E-state index contributed by atoms with van der Waals surface area (Å²) in [6.07, 6.45) is 2.85. The Bertz CT molecular complexity index is 753. The number of carbonyl (C=O) groups excluding carboxylic acids is 1. The van der Waals surface area contributed by atoms with Crippen molar-refractivity contribution in [1.82, 2.24) is 5.32 Å². The fraction of sp³-hybridized carbons (Fsp3) is 0.412. The summed E-state index contributed by atoms with van der Waals surface area (Å²) >= 11 is 0. The number of nitrogens with zero attached hydrogens (tertiary/aromatic N) is 4. The number of ether oxygens (including phenoxy) is 1. The topological polar surface area (TPSA) is 82.1 Å². The molecule has 0 radical (unpaired) electrons. The van der Waals surface area contributed by atoms with Crippen LogP contribution < -0.4 is 10.2 Å². The summed E-state index contributed by atoms with van der Waals surface area (Å²) in [4.78, 5) is 21.5. The van der Waals surface area contributed by atoms with Gasteiger partial charge in [0.2, 0.25) is 0 Å². The van der Waals surface area contributed by atoms with Crippen LogP contribution in [0.1, 0.15) is 25.3 Å². The monoisotopic (exact) mass is 323 g/mol. The summed E-state index contributed by atoms with van der Waals surface area (Å²) in [6, 6.07) is 7.55. The Morgan fingerprint density at radius 3 is 2.83 bits per heavy atom. The second-order valence-corrected chi connectivity index (χ2v) is 5.97. The molecule has 0 aromatic heterocycles. The van der Waals surface area contributed by atoms with E-state index in [0.717, 1.165) is 24.1 Å². The van der Waals surface area contributed by atoms with Crippen molar-refractivity contribution in [2.75, 3.05) is 18.0 Å². The van der Waals surface area contributed by atoms with Crippen LogP contribution in [0.3, 0.4) is 0 Å². The number of hydrogen-bond donors (Lipinski definition) is 1. The minimum absolute atomic E-state index is 0.307. The fourth-order valence-corrected chi connectivity index (χ4v) is 2.72. The van der Waals surface area contributed by atoms with E-state index >= 15 is 0 Å². The van der Waals surface area contributed by atoms with Crippen LogP contribution in [0.2, 0.25) is 0 Å². The largest absolute Gasteiger partial charge is 0.442 e. The first-order chi connectivity index (χ1) is 11.6. The van der Waals surface area contributed by atoms with Gasteiger partial charge in [-0.2, -0.15) is 5.26 Å². The zero-order valence-electron chi connectivity index (χ0n) is 13.3. The van der Waals surface area contributed by atoms with Gasteiger partial charge in [0, 0.05) is 24.1 Å². The molecule has 1 N–H and O–H groups in total. The highest BCUT2D eigenvalue weighted by Gasteiger charge is 2.52. The summed E-state index contributed by atoms with van der Waals surface area (Å²) < 4.78 is 5.31. The molecule has 7 heteroatoms. The van der Waals surface area contributed by atoms with Gasteiger partial charge in [0.1, 0.15) is 11.9 Å². The van der Waals surface area contributed by atoms with Crippen LogP contribution in [0.4, 0.5) is 10.5 Å². The van der Waals surface area contributed by atoms with Gasteiger partial charge in [-0.1, -0.05) is 0 Å². The molecule has 1 saturated carbocycles. The van der Waals surface area contributed by atoms with Crippen molar-refractivity contribution in [3.8, 4) is 6.19 Å². The number of anilines is 1. The highest BCUT2D eigenvalue weighted by Crippen LogP contribution is 2.49. The SMILES string of the molecule is [C-]#[N+]C1(c2ccc(N3CC(CN=C(C)NC#N)OC3=O)cc2)CC1. The molecule has 1 heterocycles. The zero-order chi connectivity index (χ0) is 17.2. The van der Waals surface area contributed by atoms with Crippen molar-refractivity contribution in [3.63, 3.8) is 0 Å². The molecule has 1 amide bonds. The predicted molar refractivity (Wildman–Crippen MR) is 88.3 cm³/mol. The maximum atomic E-state index is 12.0. The van der Waals surface area contributed by atoms with Crippen molar-refractivity contribution < 1.29 is 9.53 Å². The average Bonchev–Trinajstić information content (AvgIpc) is 3.30. The number of carbonyl (C=O) groups is 1. The van der Waals surface area contributed by atoms with Gasteiger partial charge in [0.05, 0.1) is 13.1 Å². The molecular formula is C17H17N5O2. The van der Waals surface area contributed by atoms with E-state index in [1.807, 2.05) is 24.3 Å². The van der Waals surface area contributed by atoms with E-state index in [1.165, 1.54) is 0 Å². The van der Waals surface area contributed by atoms with Gasteiger partial charge in [-0.3, -0.25) is 15.2 Å². The van der Waals surface area contributed by atoms with Crippen LogP contribution >= 0.6 is 0 Å². The quantitative estimate of drug-likeness (QED) is 0.303. The Labute approximate surface area is 140 Å². The minimum Gasteiger partial charge on any atom is -0.442 e. The molecule has 24 heavy (non-hydrogen) atoms. The molecule has 0 bridgehead atoms.